The Bertz CT molecular complexity index is 112. The zero-order valence-corrected chi connectivity index (χ0v) is 6.98. The van der Waals surface area contributed by atoms with Gasteiger partial charge in [-0.2, -0.15) is 0 Å². The van der Waals surface area contributed by atoms with Crippen LogP contribution in [0.5, 0.6) is 0 Å². The molecule has 0 aliphatic heterocycles. The number of rotatable bonds is 3. The molecule has 3 heteroatoms. The first kappa shape index (κ1) is 9.59. The fourth-order valence-electron chi connectivity index (χ4n) is 0.535. The molecule has 1 unspecified atom stereocenters. The van der Waals surface area contributed by atoms with E-state index in [-0.39, 0.29) is 5.91 Å². The Kier molecular flexibility index (Phi) is 4.23. The molecule has 0 spiro atoms. The van der Waals surface area contributed by atoms with E-state index in [0.29, 0.717) is 4.90 Å². The molecule has 1 amide bonds. The SMILES string of the molecule is [CH2-][NH+](CCN(C)C)C(C)=O. The van der Waals surface area contributed by atoms with Gasteiger partial charge in [0.2, 0.25) is 0 Å². The van der Waals surface area contributed by atoms with E-state index in [1.54, 1.807) is 6.92 Å². The minimum Gasteiger partial charge on any atom is -0.403 e. The molecule has 0 heterocycles. The molecule has 0 bridgehead atoms. The van der Waals surface area contributed by atoms with Gasteiger partial charge in [0.05, 0.1) is 6.54 Å². The summed E-state index contributed by atoms with van der Waals surface area (Å²) in [6.07, 6.45) is 0. The van der Waals surface area contributed by atoms with Crippen molar-refractivity contribution in [1.29, 1.82) is 0 Å². The standard InChI is InChI=1S/C7H16N2O/c1-7(10)9(4)6-5-8(2)3/h9H,4-6H2,1-3H3. The molecule has 1 N–H and O–H groups in total. The van der Waals surface area contributed by atoms with Crippen LogP contribution in [0.1, 0.15) is 6.92 Å². The zero-order valence-electron chi connectivity index (χ0n) is 6.98. The number of amides is 1. The number of nitrogens with zero attached hydrogens (tertiary/aromatic N) is 1. The lowest BCUT2D eigenvalue weighted by molar-refractivity contribution is -0.769. The molecule has 0 fully saturated rings. The van der Waals surface area contributed by atoms with Crippen LogP contribution in [0.2, 0.25) is 0 Å². The summed E-state index contributed by atoms with van der Waals surface area (Å²) in [4.78, 5) is 13.4. The number of hydrogen-bond acceptors (Lipinski definition) is 2. The Labute approximate surface area is 62.6 Å². The van der Waals surface area contributed by atoms with Crippen molar-refractivity contribution < 1.29 is 9.69 Å². The molecule has 0 aromatic carbocycles. The van der Waals surface area contributed by atoms with E-state index >= 15 is 0 Å². The summed E-state index contributed by atoms with van der Waals surface area (Å²) in [6.45, 7) is 3.23. The molecule has 0 radical (unpaired) electrons. The third kappa shape index (κ3) is 4.47. The lowest BCUT2D eigenvalue weighted by Gasteiger charge is -2.18. The maximum atomic E-state index is 10.6. The lowest BCUT2D eigenvalue weighted by Crippen LogP contribution is -3.10. The van der Waals surface area contributed by atoms with Crippen LogP contribution in [0.4, 0.5) is 0 Å². The lowest BCUT2D eigenvalue weighted by atomic mass is 10.5. The van der Waals surface area contributed by atoms with Crippen LogP contribution in [0, 0.1) is 7.05 Å². The average molecular weight is 144 g/mol. The smallest absolute Gasteiger partial charge is 0.283 e. The second-order valence-electron chi connectivity index (χ2n) is 2.71. The van der Waals surface area contributed by atoms with Crippen LogP contribution >= 0.6 is 0 Å². The van der Waals surface area contributed by atoms with E-state index in [1.165, 1.54) is 0 Å². The van der Waals surface area contributed by atoms with E-state index < -0.39 is 0 Å². The highest BCUT2D eigenvalue weighted by molar-refractivity contribution is 5.63. The van der Waals surface area contributed by atoms with E-state index in [4.69, 9.17) is 0 Å². The first-order valence-corrected chi connectivity index (χ1v) is 3.37. The minimum atomic E-state index is 0.0989. The van der Waals surface area contributed by atoms with Gasteiger partial charge in [-0.05, 0) is 14.1 Å². The quantitative estimate of drug-likeness (QED) is 0.502. The molecule has 10 heavy (non-hydrogen) atoms. The third-order valence-electron chi connectivity index (χ3n) is 1.36. The molecule has 0 saturated heterocycles. The summed E-state index contributed by atoms with van der Waals surface area (Å²) in [6, 6.07) is 0. The number of nitrogens with one attached hydrogen (secondary N) is 1. The zero-order chi connectivity index (χ0) is 8.15. The van der Waals surface area contributed by atoms with Crippen molar-refractivity contribution in [3.8, 4) is 0 Å². The van der Waals surface area contributed by atoms with Crippen molar-refractivity contribution in [1.82, 2.24) is 4.90 Å². The largest absolute Gasteiger partial charge is 0.403 e. The van der Waals surface area contributed by atoms with Crippen molar-refractivity contribution >= 4 is 5.91 Å². The maximum Gasteiger partial charge on any atom is 0.283 e. The van der Waals surface area contributed by atoms with E-state index in [9.17, 15) is 4.79 Å². The van der Waals surface area contributed by atoms with Crippen molar-refractivity contribution in [3.05, 3.63) is 7.05 Å². The Morgan fingerprint density at radius 2 is 2.10 bits per heavy atom. The van der Waals surface area contributed by atoms with Crippen LogP contribution in [-0.2, 0) is 4.79 Å². The number of quaternary nitrogens is 1. The predicted octanol–water partition coefficient (Wildman–Crippen LogP) is -1.23. The second kappa shape index (κ2) is 4.41. The Morgan fingerprint density at radius 1 is 1.60 bits per heavy atom. The van der Waals surface area contributed by atoms with Crippen molar-refractivity contribution in [2.24, 2.45) is 0 Å². The highest BCUT2D eigenvalue weighted by Crippen LogP contribution is 1.66. The Balaban J connectivity index is 3.40. The monoisotopic (exact) mass is 144 g/mol. The topological polar surface area (TPSA) is 24.8 Å². The van der Waals surface area contributed by atoms with Gasteiger partial charge in [-0.25, -0.2) is 4.79 Å². The molecule has 1 atom stereocenters. The Morgan fingerprint density at radius 3 is 2.40 bits per heavy atom. The summed E-state index contributed by atoms with van der Waals surface area (Å²) in [7, 11) is 7.61. The van der Waals surface area contributed by atoms with Gasteiger partial charge in [0.1, 0.15) is 0 Å². The number of hydrogen-bond donors (Lipinski definition) is 1. The van der Waals surface area contributed by atoms with E-state index in [1.807, 2.05) is 19.0 Å². The van der Waals surface area contributed by atoms with Crippen molar-refractivity contribution in [2.45, 2.75) is 6.92 Å². The summed E-state index contributed by atoms with van der Waals surface area (Å²) >= 11 is 0. The van der Waals surface area contributed by atoms with Crippen LogP contribution in [0.3, 0.4) is 0 Å². The third-order valence-corrected chi connectivity index (χ3v) is 1.36. The van der Waals surface area contributed by atoms with E-state index in [0.717, 1.165) is 13.1 Å². The molecule has 0 rings (SSSR count). The molecule has 60 valence electrons. The predicted molar refractivity (Wildman–Crippen MR) is 40.4 cm³/mol. The molecule has 0 saturated carbocycles. The summed E-state index contributed by atoms with van der Waals surface area (Å²) in [5.74, 6) is 0.0989. The van der Waals surface area contributed by atoms with Crippen LogP contribution < -0.4 is 4.90 Å². The first-order valence-electron chi connectivity index (χ1n) is 3.37. The van der Waals surface area contributed by atoms with Crippen LogP contribution in [0.15, 0.2) is 0 Å². The van der Waals surface area contributed by atoms with Crippen LogP contribution in [0.25, 0.3) is 0 Å². The number of likely N-dealkylation sites (N-methyl/N-ethyl adjacent to an activating group) is 1. The fraction of sp³-hybridized carbons (Fsp3) is 0.714. The normalized spacial score (nSPS) is 13.7. The Hall–Kier alpha value is -0.410. The van der Waals surface area contributed by atoms with Crippen molar-refractivity contribution in [3.63, 3.8) is 0 Å². The highest BCUT2D eigenvalue weighted by Gasteiger charge is 2.01. The molecular weight excluding hydrogens is 128 g/mol. The highest BCUT2D eigenvalue weighted by atomic mass is 16.2. The van der Waals surface area contributed by atoms with Gasteiger partial charge in [-0.15, -0.1) is 7.05 Å². The maximum absolute atomic E-state index is 10.6. The summed E-state index contributed by atoms with van der Waals surface area (Å²) in [5, 5.41) is 0. The summed E-state index contributed by atoms with van der Waals surface area (Å²) < 4.78 is 0. The van der Waals surface area contributed by atoms with Gasteiger partial charge >= 0.3 is 0 Å². The van der Waals surface area contributed by atoms with Gasteiger partial charge in [0, 0.05) is 13.5 Å². The van der Waals surface area contributed by atoms with Gasteiger partial charge in [-0.3, -0.25) is 0 Å². The summed E-state index contributed by atoms with van der Waals surface area (Å²) in [5.41, 5.74) is 0. The molecule has 0 aliphatic rings. The molecule has 0 aromatic rings. The second-order valence-corrected chi connectivity index (χ2v) is 2.71. The first-order chi connectivity index (χ1) is 4.54. The van der Waals surface area contributed by atoms with E-state index in [2.05, 4.69) is 7.05 Å². The molecular formula is C7H16N2O. The number of carbonyl (C=O) groups excluding carboxylic acids is 1. The van der Waals surface area contributed by atoms with Gasteiger partial charge in [-0.1, -0.05) is 0 Å². The van der Waals surface area contributed by atoms with Crippen molar-refractivity contribution in [2.75, 3.05) is 27.2 Å². The molecule has 0 aliphatic carbocycles. The average Bonchev–Trinajstić information content (AvgIpc) is 1.82. The molecule has 3 nitrogen and oxygen atoms in total. The fourth-order valence-corrected chi connectivity index (χ4v) is 0.535. The minimum absolute atomic E-state index is 0.0989. The van der Waals surface area contributed by atoms with Crippen LogP contribution in [-0.4, -0.2) is 38.0 Å². The van der Waals surface area contributed by atoms with Gasteiger partial charge in [0.15, 0.2) is 0 Å². The van der Waals surface area contributed by atoms with Gasteiger partial charge < -0.3 is 9.80 Å². The number of carbonyl (C=O) groups is 1. The molecule has 0 aromatic heterocycles. The van der Waals surface area contributed by atoms with Gasteiger partial charge in [0.25, 0.3) is 5.91 Å².